The van der Waals surface area contributed by atoms with E-state index in [4.69, 9.17) is 4.74 Å². The molecular weight excluding hydrogens is 290 g/mol. The number of carbonyl (C=O) groups excluding carboxylic acids is 2. The minimum Gasteiger partial charge on any atom is -0.483 e. The predicted octanol–water partition coefficient (Wildman–Crippen LogP) is 3.45. The summed E-state index contributed by atoms with van der Waals surface area (Å²) in [6.45, 7) is 3.84. The number of aryl methyl sites for hydroxylation is 2. The molecule has 4 nitrogen and oxygen atoms in total. The number of ketones is 1. The molecule has 2 aromatic carbocycles. The lowest BCUT2D eigenvalue weighted by atomic mass is 10.1. The maximum absolute atomic E-state index is 12.2. The number of Topliss-reactive ketones (excluding diaryl/α,β-unsaturated/α-hetero) is 1. The summed E-state index contributed by atoms with van der Waals surface area (Å²) in [6, 6.07) is 11.3. The zero-order valence-corrected chi connectivity index (χ0v) is 13.3. The van der Waals surface area contributed by atoms with E-state index in [-0.39, 0.29) is 18.3 Å². The van der Waals surface area contributed by atoms with Crippen molar-refractivity contribution < 1.29 is 14.3 Å². The lowest BCUT2D eigenvalue weighted by Crippen LogP contribution is -2.21. The Hall–Kier alpha value is -2.62. The minimum absolute atomic E-state index is 0.0710. The topological polar surface area (TPSA) is 55.4 Å². The monoisotopic (exact) mass is 309 g/mol. The molecule has 0 bridgehead atoms. The van der Waals surface area contributed by atoms with Crippen molar-refractivity contribution in [2.45, 2.75) is 26.7 Å². The van der Waals surface area contributed by atoms with Gasteiger partial charge in [-0.15, -0.1) is 0 Å². The molecule has 0 heterocycles. The number of ether oxygens (including phenoxy) is 1. The van der Waals surface area contributed by atoms with Gasteiger partial charge in [0.1, 0.15) is 5.75 Å². The zero-order chi connectivity index (χ0) is 16.4. The average Bonchev–Trinajstić information content (AvgIpc) is 2.91. The summed E-state index contributed by atoms with van der Waals surface area (Å²) in [7, 11) is 0. The number of hydrogen-bond donors (Lipinski definition) is 1. The van der Waals surface area contributed by atoms with Crippen molar-refractivity contribution in [2.75, 3.05) is 11.9 Å². The fourth-order valence-corrected chi connectivity index (χ4v) is 2.92. The molecule has 0 spiro atoms. The SMILES string of the molecule is Cc1cccc(C)c1NC(=O)COc1cccc2c1CCC2=O. The normalized spacial score (nSPS) is 12.9. The highest BCUT2D eigenvalue weighted by Gasteiger charge is 2.22. The summed E-state index contributed by atoms with van der Waals surface area (Å²) < 4.78 is 5.65. The molecule has 0 saturated heterocycles. The van der Waals surface area contributed by atoms with Crippen molar-refractivity contribution in [3.05, 3.63) is 58.7 Å². The summed E-state index contributed by atoms with van der Waals surface area (Å²) in [5.41, 5.74) is 4.50. The average molecular weight is 309 g/mol. The van der Waals surface area contributed by atoms with Gasteiger partial charge < -0.3 is 10.1 Å². The number of fused-ring (bicyclic) bond motifs is 1. The zero-order valence-electron chi connectivity index (χ0n) is 13.3. The Morgan fingerprint density at radius 1 is 1.09 bits per heavy atom. The van der Waals surface area contributed by atoms with Crippen LogP contribution >= 0.6 is 0 Å². The summed E-state index contributed by atoms with van der Waals surface area (Å²) >= 11 is 0. The Bertz CT molecular complexity index is 760. The van der Waals surface area contributed by atoms with Crippen LogP contribution in [0, 0.1) is 13.8 Å². The summed E-state index contributed by atoms with van der Waals surface area (Å²) in [5.74, 6) is 0.569. The molecular formula is C19H19NO3. The van der Waals surface area contributed by atoms with Crippen LogP contribution in [-0.2, 0) is 11.2 Å². The van der Waals surface area contributed by atoms with Crippen molar-refractivity contribution >= 4 is 17.4 Å². The van der Waals surface area contributed by atoms with Crippen LogP contribution in [-0.4, -0.2) is 18.3 Å². The summed E-state index contributed by atoms with van der Waals surface area (Å²) in [6.07, 6.45) is 1.20. The molecule has 0 unspecified atom stereocenters. The van der Waals surface area contributed by atoms with E-state index in [2.05, 4.69) is 5.32 Å². The van der Waals surface area contributed by atoms with Gasteiger partial charge in [-0.2, -0.15) is 0 Å². The Balaban J connectivity index is 1.68. The quantitative estimate of drug-likeness (QED) is 0.941. The lowest BCUT2D eigenvalue weighted by molar-refractivity contribution is -0.118. The van der Waals surface area contributed by atoms with Gasteiger partial charge in [0, 0.05) is 23.2 Å². The molecule has 1 aliphatic carbocycles. The van der Waals surface area contributed by atoms with Crippen LogP contribution in [0.25, 0.3) is 0 Å². The fourth-order valence-electron chi connectivity index (χ4n) is 2.92. The number of anilines is 1. The van der Waals surface area contributed by atoms with Crippen LogP contribution in [0.5, 0.6) is 5.75 Å². The fraction of sp³-hybridized carbons (Fsp3) is 0.263. The minimum atomic E-state index is -0.204. The Kier molecular flexibility index (Phi) is 4.15. The van der Waals surface area contributed by atoms with E-state index >= 15 is 0 Å². The molecule has 1 N–H and O–H groups in total. The number of amides is 1. The number of rotatable bonds is 4. The van der Waals surface area contributed by atoms with Crippen LogP contribution in [0.2, 0.25) is 0 Å². The molecule has 4 heteroatoms. The van der Waals surface area contributed by atoms with Gasteiger partial charge in [-0.3, -0.25) is 9.59 Å². The van der Waals surface area contributed by atoms with E-state index < -0.39 is 0 Å². The molecule has 0 atom stereocenters. The molecule has 3 rings (SSSR count). The molecule has 2 aromatic rings. The Morgan fingerprint density at radius 2 is 1.78 bits per heavy atom. The van der Waals surface area contributed by atoms with Crippen LogP contribution in [0.3, 0.4) is 0 Å². The maximum Gasteiger partial charge on any atom is 0.262 e. The number of nitrogens with one attached hydrogen (secondary N) is 1. The number of benzene rings is 2. The van der Waals surface area contributed by atoms with Gasteiger partial charge >= 0.3 is 0 Å². The van der Waals surface area contributed by atoms with Gasteiger partial charge in [-0.05, 0) is 37.5 Å². The van der Waals surface area contributed by atoms with Crippen LogP contribution in [0.1, 0.15) is 33.5 Å². The third-order valence-electron chi connectivity index (χ3n) is 4.14. The van der Waals surface area contributed by atoms with E-state index in [0.717, 1.165) is 27.9 Å². The number of hydrogen-bond acceptors (Lipinski definition) is 3. The standard InChI is InChI=1S/C19H19NO3/c1-12-5-3-6-13(2)19(12)20-18(22)11-23-17-8-4-7-14-15(17)9-10-16(14)21/h3-8H,9-11H2,1-2H3,(H,20,22). The highest BCUT2D eigenvalue weighted by atomic mass is 16.5. The van der Waals surface area contributed by atoms with Crippen molar-refractivity contribution in [3.63, 3.8) is 0 Å². The second kappa shape index (κ2) is 6.24. The molecule has 0 fully saturated rings. The van der Waals surface area contributed by atoms with Crippen molar-refractivity contribution in [2.24, 2.45) is 0 Å². The molecule has 118 valence electrons. The molecule has 23 heavy (non-hydrogen) atoms. The summed E-state index contributed by atoms with van der Waals surface area (Å²) in [4.78, 5) is 23.9. The first-order valence-electron chi connectivity index (χ1n) is 7.70. The highest BCUT2D eigenvalue weighted by molar-refractivity contribution is 6.01. The lowest BCUT2D eigenvalue weighted by Gasteiger charge is -2.13. The van der Waals surface area contributed by atoms with E-state index in [1.54, 1.807) is 6.07 Å². The first-order valence-corrected chi connectivity index (χ1v) is 7.70. The van der Waals surface area contributed by atoms with Crippen molar-refractivity contribution in [1.29, 1.82) is 0 Å². The summed E-state index contributed by atoms with van der Waals surface area (Å²) in [5, 5.41) is 2.89. The largest absolute Gasteiger partial charge is 0.483 e. The van der Waals surface area contributed by atoms with Crippen LogP contribution in [0.4, 0.5) is 5.69 Å². The van der Waals surface area contributed by atoms with Gasteiger partial charge in [0.15, 0.2) is 12.4 Å². The smallest absolute Gasteiger partial charge is 0.262 e. The molecule has 0 saturated carbocycles. The van der Waals surface area contributed by atoms with Gasteiger partial charge in [0.2, 0.25) is 0 Å². The third-order valence-corrected chi connectivity index (χ3v) is 4.14. The van der Waals surface area contributed by atoms with E-state index in [9.17, 15) is 9.59 Å². The molecule has 1 amide bonds. The second-order valence-corrected chi connectivity index (χ2v) is 5.81. The first-order chi connectivity index (χ1) is 11.1. The third kappa shape index (κ3) is 3.11. The van der Waals surface area contributed by atoms with Gasteiger partial charge in [-0.25, -0.2) is 0 Å². The van der Waals surface area contributed by atoms with Gasteiger partial charge in [0.05, 0.1) is 0 Å². The van der Waals surface area contributed by atoms with Crippen LogP contribution < -0.4 is 10.1 Å². The Morgan fingerprint density at radius 3 is 2.52 bits per heavy atom. The molecule has 0 radical (unpaired) electrons. The maximum atomic E-state index is 12.2. The van der Waals surface area contributed by atoms with Gasteiger partial charge in [-0.1, -0.05) is 30.3 Å². The van der Waals surface area contributed by atoms with Gasteiger partial charge in [0.25, 0.3) is 5.91 Å². The first kappa shape index (κ1) is 15.3. The highest BCUT2D eigenvalue weighted by Crippen LogP contribution is 2.30. The van der Waals surface area contributed by atoms with Crippen LogP contribution in [0.15, 0.2) is 36.4 Å². The van der Waals surface area contributed by atoms with E-state index in [0.29, 0.717) is 18.6 Å². The molecule has 0 aromatic heterocycles. The van der Waals surface area contributed by atoms with Crippen molar-refractivity contribution in [1.82, 2.24) is 0 Å². The molecule has 1 aliphatic rings. The Labute approximate surface area is 135 Å². The predicted molar refractivity (Wildman–Crippen MR) is 89.1 cm³/mol. The van der Waals surface area contributed by atoms with E-state index in [1.807, 2.05) is 44.2 Å². The molecule has 0 aliphatic heterocycles. The van der Waals surface area contributed by atoms with Crippen molar-refractivity contribution in [3.8, 4) is 5.75 Å². The number of carbonyl (C=O) groups is 2. The second-order valence-electron chi connectivity index (χ2n) is 5.81. The number of para-hydroxylation sites is 1. The van der Waals surface area contributed by atoms with E-state index in [1.165, 1.54) is 0 Å².